The van der Waals surface area contributed by atoms with Crippen LogP contribution >= 0.6 is 19.4 Å². The van der Waals surface area contributed by atoms with Crippen molar-refractivity contribution >= 4 is 31.3 Å². The second-order valence-electron chi connectivity index (χ2n) is 9.71. The molecule has 0 aromatic heterocycles. The monoisotopic (exact) mass is 586 g/mol. The van der Waals surface area contributed by atoms with Gasteiger partial charge in [0.1, 0.15) is 18.3 Å². The molecule has 0 radical (unpaired) electrons. The van der Waals surface area contributed by atoms with E-state index in [9.17, 15) is 9.36 Å². The number of nitrogens with zero attached hydrogens (tertiary/aromatic N) is 1. The van der Waals surface area contributed by atoms with Gasteiger partial charge in [-0.05, 0) is 31.5 Å². The summed E-state index contributed by atoms with van der Waals surface area (Å²) in [6.07, 6.45) is 3.03. The highest BCUT2D eigenvalue weighted by molar-refractivity contribution is 7.48. The van der Waals surface area contributed by atoms with Crippen molar-refractivity contribution in [2.24, 2.45) is 5.73 Å². The number of aliphatic carboxylic acids is 1. The number of halogens is 1. The van der Waals surface area contributed by atoms with Crippen molar-refractivity contribution in [1.82, 2.24) is 4.90 Å². The lowest BCUT2D eigenvalue weighted by atomic mass is 10.1. The van der Waals surface area contributed by atoms with Crippen LogP contribution in [0.15, 0.2) is 48.2 Å². The molecule has 0 bridgehead atoms. The molecule has 214 valence electrons. The first kappa shape index (κ1) is 29.7. The van der Waals surface area contributed by atoms with Crippen LogP contribution in [0.1, 0.15) is 38.9 Å². The van der Waals surface area contributed by atoms with Crippen molar-refractivity contribution in [2.75, 3.05) is 19.8 Å². The van der Waals surface area contributed by atoms with E-state index >= 15 is 0 Å². The summed E-state index contributed by atoms with van der Waals surface area (Å²) in [4.78, 5) is 22.5. The Morgan fingerprint density at radius 2 is 2.00 bits per heavy atom. The highest BCUT2D eigenvalue weighted by Gasteiger charge is 2.57. The molecule has 5 rings (SSSR count). The number of phosphoric acid groups is 1. The van der Waals surface area contributed by atoms with E-state index in [1.54, 1.807) is 24.4 Å². The fourth-order valence-corrected chi connectivity index (χ4v) is 6.23. The van der Waals surface area contributed by atoms with Crippen LogP contribution in [0.25, 0.3) is 0 Å². The predicted octanol–water partition coefficient (Wildman–Crippen LogP) is 3.52. The molecule has 0 aliphatic carbocycles. The van der Waals surface area contributed by atoms with Crippen LogP contribution in [0.4, 0.5) is 0 Å². The first-order valence-electron chi connectivity index (χ1n) is 12.3. The Balaban J connectivity index is 0.000000826. The molecule has 4 aliphatic rings. The van der Waals surface area contributed by atoms with Gasteiger partial charge in [0.25, 0.3) is 5.97 Å². The van der Waals surface area contributed by atoms with E-state index in [4.69, 9.17) is 55.0 Å². The van der Waals surface area contributed by atoms with Crippen molar-refractivity contribution < 1.29 is 47.0 Å². The lowest BCUT2D eigenvalue weighted by Gasteiger charge is -2.33. The van der Waals surface area contributed by atoms with Gasteiger partial charge >= 0.3 is 7.82 Å². The molecule has 0 saturated carbocycles. The van der Waals surface area contributed by atoms with Gasteiger partial charge in [0.2, 0.25) is 5.91 Å². The number of amides is 1. The van der Waals surface area contributed by atoms with Gasteiger partial charge in [-0.15, -0.1) is 0 Å². The number of benzene rings is 1. The third-order valence-corrected chi connectivity index (χ3v) is 7.87. The van der Waals surface area contributed by atoms with Gasteiger partial charge in [-0.3, -0.25) is 23.2 Å². The molecule has 14 heteroatoms. The number of rotatable bonds is 6. The number of carbonyl (C=O) groups excluding carboxylic acids is 1. The maximum atomic E-state index is 13.3. The van der Waals surface area contributed by atoms with Crippen molar-refractivity contribution in [3.63, 3.8) is 0 Å². The molecule has 1 aromatic rings. The molecular weight excluding hydrogens is 555 g/mol. The second-order valence-corrected chi connectivity index (χ2v) is 11.8. The van der Waals surface area contributed by atoms with Crippen LogP contribution in [0.3, 0.4) is 0 Å². The minimum Gasteiger partial charge on any atom is -0.481 e. The lowest BCUT2D eigenvalue weighted by molar-refractivity contribution is -0.204. The molecule has 6 atom stereocenters. The fourth-order valence-electron chi connectivity index (χ4n) is 4.64. The molecule has 4 aliphatic heterocycles. The smallest absolute Gasteiger partial charge is 0.475 e. The standard InChI is InChI=1S/C23H28ClN2O8P.C2H4O2/c1-23(2)32-19-18(31-22(20(19)33-23)26-9-4-6-15(12-26)21(25)27)13-30-35(28)29-10-8-17(34-35)14-5-3-7-16(24)11-14;1-2(3)4/h3-7,11-12,17-20,22H,8-10,13H2,1-2H3,(H2,25,27);1H3,(H,3,4)/t17?,18?,19-,20-,22-,35?;/m1./s1. The van der Waals surface area contributed by atoms with E-state index < -0.39 is 56.1 Å². The Labute approximate surface area is 231 Å². The Morgan fingerprint density at radius 3 is 2.69 bits per heavy atom. The summed E-state index contributed by atoms with van der Waals surface area (Å²) >= 11 is 6.09. The number of carbonyl (C=O) groups is 2. The van der Waals surface area contributed by atoms with E-state index in [-0.39, 0.29) is 13.2 Å². The second kappa shape index (κ2) is 12.1. The van der Waals surface area contributed by atoms with Crippen molar-refractivity contribution in [3.05, 3.63) is 58.8 Å². The van der Waals surface area contributed by atoms with Gasteiger partial charge in [-0.25, -0.2) is 4.57 Å². The van der Waals surface area contributed by atoms with Gasteiger partial charge < -0.3 is 30.0 Å². The van der Waals surface area contributed by atoms with E-state index in [1.807, 2.05) is 37.0 Å². The normalized spacial score (nSPS) is 33.1. The average Bonchev–Trinajstić information content (AvgIpc) is 3.35. The van der Waals surface area contributed by atoms with Crippen LogP contribution in [-0.2, 0) is 41.9 Å². The molecule has 4 heterocycles. The number of nitrogens with two attached hydrogens (primary N) is 1. The molecule has 3 N–H and O–H groups in total. The molecule has 39 heavy (non-hydrogen) atoms. The third kappa shape index (κ3) is 7.47. The highest BCUT2D eigenvalue weighted by atomic mass is 35.5. The number of ether oxygens (including phenoxy) is 3. The molecule has 3 fully saturated rings. The van der Waals surface area contributed by atoms with Crippen LogP contribution in [-0.4, -0.2) is 72.0 Å². The molecule has 1 aromatic carbocycles. The minimum atomic E-state index is -3.86. The van der Waals surface area contributed by atoms with Crippen molar-refractivity contribution in [3.8, 4) is 0 Å². The lowest BCUT2D eigenvalue weighted by Crippen LogP contribution is -2.42. The van der Waals surface area contributed by atoms with Crippen LogP contribution in [0.2, 0.25) is 5.02 Å². The Kier molecular flexibility index (Phi) is 9.19. The summed E-state index contributed by atoms with van der Waals surface area (Å²) in [5.74, 6) is -2.22. The first-order valence-corrected chi connectivity index (χ1v) is 14.2. The zero-order chi connectivity index (χ0) is 28.4. The maximum absolute atomic E-state index is 13.3. The van der Waals surface area contributed by atoms with Gasteiger partial charge in [0.05, 0.1) is 24.9 Å². The van der Waals surface area contributed by atoms with Crippen molar-refractivity contribution in [2.45, 2.75) is 63.6 Å². The Bertz CT molecular complexity index is 1190. The maximum Gasteiger partial charge on any atom is 0.475 e. The SMILES string of the molecule is CC(=O)O.CC1(C)O[C@@H]2[C@H](O1)C(COP1(=O)OCCC(c3cccc(Cl)c3)O1)O[C@H]2N1C=C(C(N)=O)C=CC1. The zero-order valence-electron chi connectivity index (χ0n) is 21.7. The topological polar surface area (TPSA) is 156 Å². The number of hydrogen-bond donors (Lipinski definition) is 2. The van der Waals surface area contributed by atoms with Gasteiger partial charge in [0.15, 0.2) is 12.0 Å². The largest absolute Gasteiger partial charge is 0.481 e. The molecule has 12 nitrogen and oxygen atoms in total. The highest BCUT2D eigenvalue weighted by Crippen LogP contribution is 2.57. The minimum absolute atomic E-state index is 0.104. The van der Waals surface area contributed by atoms with E-state index in [0.717, 1.165) is 12.5 Å². The summed E-state index contributed by atoms with van der Waals surface area (Å²) in [6.45, 7) is 5.31. The van der Waals surface area contributed by atoms with Gasteiger partial charge in [-0.1, -0.05) is 35.9 Å². The number of phosphoric ester groups is 1. The summed E-state index contributed by atoms with van der Waals surface area (Å²) < 4.78 is 48.6. The molecule has 1 amide bonds. The molecule has 3 unspecified atom stereocenters. The number of carboxylic acids is 1. The number of primary amides is 1. The molecule has 0 spiro atoms. The molecule has 3 saturated heterocycles. The average molecular weight is 587 g/mol. The van der Waals surface area contributed by atoms with E-state index in [1.165, 1.54) is 0 Å². The third-order valence-electron chi connectivity index (χ3n) is 6.16. The Morgan fingerprint density at radius 1 is 1.28 bits per heavy atom. The summed E-state index contributed by atoms with van der Waals surface area (Å²) in [6, 6.07) is 7.19. The molecular formula is C25H32ClN2O10P. The summed E-state index contributed by atoms with van der Waals surface area (Å²) in [5.41, 5.74) is 6.60. The van der Waals surface area contributed by atoms with Crippen molar-refractivity contribution in [1.29, 1.82) is 0 Å². The van der Waals surface area contributed by atoms with E-state index in [0.29, 0.717) is 23.6 Å². The predicted molar refractivity (Wildman–Crippen MR) is 138 cm³/mol. The number of hydrogen-bond acceptors (Lipinski definition) is 10. The first-order chi connectivity index (χ1) is 18.4. The van der Waals surface area contributed by atoms with Gasteiger partial charge in [-0.2, -0.15) is 0 Å². The summed E-state index contributed by atoms with van der Waals surface area (Å²) in [5, 5.41) is 7.98. The Hall–Kier alpha value is -2.28. The van der Waals surface area contributed by atoms with Crippen LogP contribution in [0.5, 0.6) is 0 Å². The fraction of sp³-hybridized carbons (Fsp3) is 0.520. The summed E-state index contributed by atoms with van der Waals surface area (Å²) in [7, 11) is -3.86. The van der Waals surface area contributed by atoms with Crippen LogP contribution in [0, 0.1) is 0 Å². The van der Waals surface area contributed by atoms with E-state index in [2.05, 4.69) is 0 Å². The zero-order valence-corrected chi connectivity index (χ0v) is 23.4. The van der Waals surface area contributed by atoms with Gasteiger partial charge in [0, 0.05) is 31.1 Å². The quantitative estimate of drug-likeness (QED) is 0.470. The number of fused-ring (bicyclic) bond motifs is 1. The number of carboxylic acid groups (broad SMARTS) is 1. The van der Waals surface area contributed by atoms with Crippen LogP contribution < -0.4 is 5.73 Å².